The highest BCUT2D eigenvalue weighted by Crippen LogP contribution is 2.34. The number of pyridine rings is 1. The van der Waals surface area contributed by atoms with E-state index in [0.717, 1.165) is 41.7 Å². The van der Waals surface area contributed by atoms with Crippen molar-refractivity contribution in [2.45, 2.75) is 25.0 Å². The second kappa shape index (κ2) is 6.19. The maximum Gasteiger partial charge on any atom is 0.211 e. The summed E-state index contributed by atoms with van der Waals surface area (Å²) in [5.74, 6) is 2.11. The van der Waals surface area contributed by atoms with Gasteiger partial charge in [-0.3, -0.25) is 0 Å². The number of fused-ring (bicyclic) bond motifs is 4. The van der Waals surface area contributed by atoms with Gasteiger partial charge < -0.3 is 14.7 Å². The lowest BCUT2D eigenvalue weighted by Gasteiger charge is -2.47. The molecule has 0 spiro atoms. The van der Waals surface area contributed by atoms with Gasteiger partial charge in [0.25, 0.3) is 0 Å². The van der Waals surface area contributed by atoms with E-state index in [2.05, 4.69) is 17.6 Å². The van der Waals surface area contributed by atoms with Gasteiger partial charge in [0.05, 0.1) is 25.6 Å². The Morgan fingerprint density at radius 3 is 3.00 bits per heavy atom. The van der Waals surface area contributed by atoms with Crippen molar-refractivity contribution >= 4 is 10.9 Å². The summed E-state index contributed by atoms with van der Waals surface area (Å²) in [6.45, 7) is 6.27. The Hall–Kier alpha value is -1.91. The highest BCUT2D eigenvalue weighted by molar-refractivity contribution is 5.81. The molecule has 1 aromatic heterocycles. The fourth-order valence-electron chi connectivity index (χ4n) is 4.71. The monoisotopic (exact) mass is 326 g/mol. The van der Waals surface area contributed by atoms with E-state index in [9.17, 15) is 5.11 Å². The number of aliphatic hydroxyl groups excluding tert-OH is 1. The summed E-state index contributed by atoms with van der Waals surface area (Å²) in [6.07, 6.45) is 5.93. The molecule has 0 amide bonds. The molecule has 0 radical (unpaired) electrons. The van der Waals surface area contributed by atoms with Gasteiger partial charge in [0.2, 0.25) is 5.52 Å². The fraction of sp³-hybridized carbons (Fsp3) is 0.450. The normalized spacial score (nSPS) is 30.2. The standard InChI is InChI=1S/C20H24N2O2/c1-3-13-12-22-9-7-14(13)10-19(22)20(23)16-6-8-21-18-5-4-15(24-2)11-17(16)18/h3-6,8,11,13-14,19-20,23H,1,7,9-10,12H2,2H3/p+2/t13-,14-,19-,20+/m0/s1. The fourth-order valence-corrected chi connectivity index (χ4v) is 4.71. The summed E-state index contributed by atoms with van der Waals surface area (Å²) in [5.41, 5.74) is 2.03. The van der Waals surface area contributed by atoms with Crippen LogP contribution in [-0.2, 0) is 0 Å². The third kappa shape index (κ3) is 2.50. The Bertz CT molecular complexity index is 760. The Labute approximate surface area is 142 Å². The van der Waals surface area contributed by atoms with E-state index in [1.165, 1.54) is 11.3 Å². The molecular formula is C20H26N2O2+2. The van der Waals surface area contributed by atoms with Crippen molar-refractivity contribution in [3.05, 3.63) is 48.7 Å². The minimum atomic E-state index is -0.447. The average molecular weight is 326 g/mol. The molecule has 4 heterocycles. The van der Waals surface area contributed by atoms with Gasteiger partial charge in [-0.2, -0.15) is 0 Å². The molecule has 3 aliphatic rings. The molecule has 5 rings (SSSR count). The number of aromatic nitrogens is 1. The number of rotatable bonds is 4. The molecule has 0 aliphatic carbocycles. The zero-order valence-electron chi connectivity index (χ0n) is 14.2. The molecule has 4 nitrogen and oxygen atoms in total. The lowest BCUT2D eigenvalue weighted by atomic mass is 9.73. The molecule has 2 bridgehead atoms. The molecule has 1 aromatic carbocycles. The van der Waals surface area contributed by atoms with Crippen LogP contribution in [-0.4, -0.2) is 31.3 Å². The van der Waals surface area contributed by atoms with Crippen molar-refractivity contribution in [3.8, 4) is 5.75 Å². The zero-order chi connectivity index (χ0) is 16.7. The lowest BCUT2D eigenvalue weighted by molar-refractivity contribution is -0.949. The van der Waals surface area contributed by atoms with Crippen molar-refractivity contribution in [1.82, 2.24) is 0 Å². The van der Waals surface area contributed by atoms with E-state index >= 15 is 0 Å². The molecule has 5 atom stereocenters. The molecule has 1 unspecified atom stereocenters. The average Bonchev–Trinajstić information content (AvgIpc) is 2.66. The quantitative estimate of drug-likeness (QED) is 0.829. The number of hydrogen-bond donors (Lipinski definition) is 2. The molecule has 126 valence electrons. The number of hydrogen-bond acceptors (Lipinski definition) is 2. The van der Waals surface area contributed by atoms with Gasteiger partial charge in [0, 0.05) is 36.5 Å². The van der Waals surface area contributed by atoms with Crippen LogP contribution in [0.4, 0.5) is 0 Å². The summed E-state index contributed by atoms with van der Waals surface area (Å²) in [6, 6.07) is 8.26. The van der Waals surface area contributed by atoms with Crippen LogP contribution in [0, 0.1) is 11.8 Å². The van der Waals surface area contributed by atoms with E-state index in [1.54, 1.807) is 7.11 Å². The largest absolute Gasteiger partial charge is 0.497 e. The summed E-state index contributed by atoms with van der Waals surface area (Å²) in [4.78, 5) is 4.79. The first-order valence-corrected chi connectivity index (χ1v) is 8.84. The smallest absolute Gasteiger partial charge is 0.211 e. The van der Waals surface area contributed by atoms with Crippen LogP contribution in [0.3, 0.4) is 0 Å². The van der Waals surface area contributed by atoms with Gasteiger partial charge >= 0.3 is 0 Å². The van der Waals surface area contributed by atoms with Crippen LogP contribution < -0.4 is 14.6 Å². The first-order chi connectivity index (χ1) is 11.7. The van der Waals surface area contributed by atoms with E-state index in [0.29, 0.717) is 11.8 Å². The maximum atomic E-state index is 11.2. The third-order valence-corrected chi connectivity index (χ3v) is 6.06. The predicted octanol–water partition coefficient (Wildman–Crippen LogP) is 1.18. The van der Waals surface area contributed by atoms with Crippen molar-refractivity contribution in [1.29, 1.82) is 0 Å². The number of methoxy groups -OCH3 is 1. The SMILES string of the molecule is C=C[C@H]1C[NH+]2CC[C@H]1C[C@H]2[C@H](O)c1cc[nH+]c2ccc(OC)cc12. The van der Waals surface area contributed by atoms with Crippen LogP contribution in [0.5, 0.6) is 5.75 Å². The highest BCUT2D eigenvalue weighted by Gasteiger charge is 2.45. The van der Waals surface area contributed by atoms with Crippen molar-refractivity contribution in [2.24, 2.45) is 11.8 Å². The summed E-state index contributed by atoms with van der Waals surface area (Å²) in [5, 5.41) is 12.2. The van der Waals surface area contributed by atoms with Gasteiger partial charge in [-0.1, -0.05) is 6.08 Å². The third-order valence-electron chi connectivity index (χ3n) is 6.06. The van der Waals surface area contributed by atoms with E-state index in [1.807, 2.05) is 30.5 Å². The second-order valence-electron chi connectivity index (χ2n) is 7.19. The number of aromatic amines is 1. The lowest BCUT2D eigenvalue weighted by Crippen LogP contribution is -3.20. The minimum absolute atomic E-state index is 0.275. The van der Waals surface area contributed by atoms with Crippen molar-refractivity contribution in [2.75, 3.05) is 20.2 Å². The molecule has 2 aromatic rings. The first kappa shape index (κ1) is 15.6. The van der Waals surface area contributed by atoms with Gasteiger partial charge in [-0.25, -0.2) is 4.98 Å². The van der Waals surface area contributed by atoms with Gasteiger partial charge in [-0.15, -0.1) is 6.58 Å². The van der Waals surface area contributed by atoms with Crippen LogP contribution in [0.25, 0.3) is 10.9 Å². The van der Waals surface area contributed by atoms with E-state index in [4.69, 9.17) is 4.74 Å². The van der Waals surface area contributed by atoms with Crippen LogP contribution in [0.15, 0.2) is 43.1 Å². The van der Waals surface area contributed by atoms with Crippen LogP contribution in [0.2, 0.25) is 0 Å². The number of aliphatic hydroxyl groups is 1. The number of H-pyrrole nitrogens is 1. The Balaban J connectivity index is 1.69. The van der Waals surface area contributed by atoms with Gasteiger partial charge in [0.15, 0.2) is 6.20 Å². The number of nitrogens with one attached hydrogen (secondary N) is 2. The highest BCUT2D eigenvalue weighted by atomic mass is 16.5. The number of quaternary nitrogens is 1. The van der Waals surface area contributed by atoms with Gasteiger partial charge in [0.1, 0.15) is 17.9 Å². The van der Waals surface area contributed by atoms with Crippen molar-refractivity contribution in [3.63, 3.8) is 0 Å². The summed E-state index contributed by atoms with van der Waals surface area (Å²) >= 11 is 0. The molecule has 3 saturated heterocycles. The Morgan fingerprint density at radius 1 is 1.42 bits per heavy atom. The maximum absolute atomic E-state index is 11.2. The second-order valence-corrected chi connectivity index (χ2v) is 7.19. The number of benzene rings is 1. The summed E-state index contributed by atoms with van der Waals surface area (Å²) < 4.78 is 5.37. The Kier molecular flexibility index (Phi) is 4.02. The number of piperidine rings is 3. The molecular weight excluding hydrogens is 300 g/mol. The van der Waals surface area contributed by atoms with E-state index < -0.39 is 6.10 Å². The number of ether oxygens (including phenoxy) is 1. The van der Waals surface area contributed by atoms with Crippen LogP contribution >= 0.6 is 0 Å². The summed E-state index contributed by atoms with van der Waals surface area (Å²) in [7, 11) is 1.68. The zero-order valence-corrected chi connectivity index (χ0v) is 14.2. The molecule has 4 heteroatoms. The Morgan fingerprint density at radius 2 is 2.29 bits per heavy atom. The molecule has 3 aliphatic heterocycles. The topological polar surface area (TPSA) is 48.0 Å². The van der Waals surface area contributed by atoms with E-state index in [-0.39, 0.29) is 6.04 Å². The molecule has 3 N–H and O–H groups in total. The molecule has 24 heavy (non-hydrogen) atoms. The first-order valence-electron chi connectivity index (χ1n) is 8.84. The van der Waals surface area contributed by atoms with Crippen LogP contribution in [0.1, 0.15) is 24.5 Å². The van der Waals surface area contributed by atoms with Gasteiger partial charge in [-0.05, 0) is 18.1 Å². The predicted molar refractivity (Wildman–Crippen MR) is 92.9 cm³/mol. The minimum Gasteiger partial charge on any atom is -0.497 e. The molecule has 3 fully saturated rings. The van der Waals surface area contributed by atoms with Crippen molar-refractivity contribution < 1.29 is 19.7 Å². The molecule has 0 saturated carbocycles.